The molecule has 0 spiro atoms. The Morgan fingerprint density at radius 3 is 2.56 bits per heavy atom. The summed E-state index contributed by atoms with van der Waals surface area (Å²) in [6.45, 7) is 4.87. The summed E-state index contributed by atoms with van der Waals surface area (Å²) in [6.07, 6.45) is 6.31. The smallest absolute Gasteiger partial charge is 0.226 e. The highest BCUT2D eigenvalue weighted by atomic mass is 16.2. The van der Waals surface area contributed by atoms with E-state index >= 15 is 0 Å². The molecule has 0 aliphatic heterocycles. The highest BCUT2D eigenvalue weighted by Crippen LogP contribution is 2.31. The first-order valence-corrected chi connectivity index (χ1v) is 6.70. The van der Waals surface area contributed by atoms with Crippen molar-refractivity contribution in [2.45, 2.75) is 32.7 Å². The predicted octanol–water partition coefficient (Wildman–Crippen LogP) is 3.35. The molecule has 96 valence electrons. The number of carbonyl (C=O) groups is 1. The minimum atomic E-state index is 0.276. The maximum Gasteiger partial charge on any atom is 0.226 e. The van der Waals surface area contributed by atoms with E-state index in [9.17, 15) is 4.79 Å². The Bertz CT molecular complexity index is 418. The van der Waals surface area contributed by atoms with Crippen LogP contribution in [-0.4, -0.2) is 23.4 Å². The molecule has 0 radical (unpaired) electrons. The number of rotatable bonds is 5. The summed E-state index contributed by atoms with van der Waals surface area (Å²) in [7, 11) is 0. The number of amides is 1. The maximum absolute atomic E-state index is 12.1. The van der Waals surface area contributed by atoms with Gasteiger partial charge in [0.15, 0.2) is 0 Å². The van der Waals surface area contributed by atoms with Crippen molar-refractivity contribution in [1.29, 1.82) is 0 Å². The zero-order chi connectivity index (χ0) is 13.0. The van der Waals surface area contributed by atoms with E-state index in [2.05, 4.69) is 38.1 Å². The van der Waals surface area contributed by atoms with Gasteiger partial charge in [-0.3, -0.25) is 4.79 Å². The van der Waals surface area contributed by atoms with Crippen LogP contribution in [0.15, 0.2) is 36.4 Å². The second kappa shape index (κ2) is 5.85. The Labute approximate surface area is 109 Å². The van der Waals surface area contributed by atoms with Crippen molar-refractivity contribution in [3.63, 3.8) is 0 Å². The van der Waals surface area contributed by atoms with Crippen LogP contribution in [0, 0.1) is 5.92 Å². The molecule has 0 heterocycles. The third kappa shape index (κ3) is 3.46. The van der Waals surface area contributed by atoms with Gasteiger partial charge in [-0.1, -0.05) is 42.5 Å². The van der Waals surface area contributed by atoms with Crippen LogP contribution in [0.1, 0.15) is 32.3 Å². The van der Waals surface area contributed by atoms with Gasteiger partial charge in [-0.2, -0.15) is 0 Å². The number of hydrogen-bond acceptors (Lipinski definition) is 1. The van der Waals surface area contributed by atoms with Crippen molar-refractivity contribution in [3.8, 4) is 0 Å². The van der Waals surface area contributed by atoms with Crippen LogP contribution in [0.3, 0.4) is 0 Å². The van der Waals surface area contributed by atoms with Gasteiger partial charge in [-0.25, -0.2) is 0 Å². The summed E-state index contributed by atoms with van der Waals surface area (Å²) in [5.74, 6) is 0.625. The van der Waals surface area contributed by atoms with Crippen molar-refractivity contribution in [1.82, 2.24) is 4.90 Å². The van der Waals surface area contributed by atoms with Crippen LogP contribution in [0.2, 0.25) is 0 Å². The van der Waals surface area contributed by atoms with Gasteiger partial charge in [-0.05, 0) is 32.3 Å². The quantitative estimate of drug-likeness (QED) is 0.776. The van der Waals surface area contributed by atoms with Crippen LogP contribution in [-0.2, 0) is 4.79 Å². The van der Waals surface area contributed by atoms with E-state index in [0.717, 1.165) is 12.8 Å². The molecular weight excluding hydrogens is 222 g/mol. The van der Waals surface area contributed by atoms with Gasteiger partial charge in [0.05, 0.1) is 0 Å². The predicted molar refractivity (Wildman–Crippen MR) is 75.0 cm³/mol. The van der Waals surface area contributed by atoms with Gasteiger partial charge >= 0.3 is 0 Å². The van der Waals surface area contributed by atoms with Gasteiger partial charge in [0.1, 0.15) is 0 Å². The summed E-state index contributed by atoms with van der Waals surface area (Å²) in [6, 6.07) is 10.5. The van der Waals surface area contributed by atoms with Gasteiger partial charge in [0.25, 0.3) is 0 Å². The Balaban J connectivity index is 1.93. The fourth-order valence-corrected chi connectivity index (χ4v) is 1.99. The fraction of sp³-hybridized carbons (Fsp3) is 0.438. The molecule has 2 rings (SSSR count). The van der Waals surface area contributed by atoms with Gasteiger partial charge in [-0.15, -0.1) is 0 Å². The topological polar surface area (TPSA) is 20.3 Å². The number of nitrogens with zero attached hydrogens (tertiary/aromatic N) is 1. The van der Waals surface area contributed by atoms with E-state index in [1.165, 1.54) is 5.56 Å². The number of benzene rings is 1. The summed E-state index contributed by atoms with van der Waals surface area (Å²) in [5.41, 5.74) is 1.18. The van der Waals surface area contributed by atoms with Crippen molar-refractivity contribution < 1.29 is 4.79 Å². The lowest BCUT2D eigenvalue weighted by Crippen LogP contribution is -2.38. The first-order valence-electron chi connectivity index (χ1n) is 6.70. The molecule has 2 nitrogen and oxygen atoms in total. The van der Waals surface area contributed by atoms with E-state index in [1.807, 2.05) is 23.1 Å². The normalized spacial score (nSPS) is 15.3. The lowest BCUT2D eigenvalue weighted by Gasteiger charge is -2.25. The minimum absolute atomic E-state index is 0.276. The second-order valence-corrected chi connectivity index (χ2v) is 5.17. The van der Waals surface area contributed by atoms with Gasteiger partial charge in [0.2, 0.25) is 5.91 Å². The molecule has 1 fully saturated rings. The fourth-order valence-electron chi connectivity index (χ4n) is 1.99. The molecule has 18 heavy (non-hydrogen) atoms. The van der Waals surface area contributed by atoms with Crippen molar-refractivity contribution in [3.05, 3.63) is 42.0 Å². The van der Waals surface area contributed by atoms with E-state index in [0.29, 0.717) is 18.4 Å². The SMILES string of the molecule is CC(C)N(C/C=C\c1ccccc1)C(=O)C1CC1. The van der Waals surface area contributed by atoms with Crippen molar-refractivity contribution in [2.24, 2.45) is 5.92 Å². The zero-order valence-electron chi connectivity index (χ0n) is 11.2. The lowest BCUT2D eigenvalue weighted by molar-refractivity contribution is -0.133. The van der Waals surface area contributed by atoms with Crippen molar-refractivity contribution in [2.75, 3.05) is 6.54 Å². The van der Waals surface area contributed by atoms with Crippen molar-refractivity contribution >= 4 is 12.0 Å². The highest BCUT2D eigenvalue weighted by Gasteiger charge is 2.33. The molecule has 0 saturated heterocycles. The van der Waals surface area contributed by atoms with Crippen LogP contribution < -0.4 is 0 Å². The molecule has 0 unspecified atom stereocenters. The zero-order valence-corrected chi connectivity index (χ0v) is 11.2. The lowest BCUT2D eigenvalue weighted by atomic mass is 10.2. The maximum atomic E-state index is 12.1. The number of carbonyl (C=O) groups excluding carboxylic acids is 1. The highest BCUT2D eigenvalue weighted by molar-refractivity contribution is 5.81. The summed E-state index contributed by atoms with van der Waals surface area (Å²) < 4.78 is 0. The Hall–Kier alpha value is -1.57. The van der Waals surface area contributed by atoms with E-state index in [1.54, 1.807) is 0 Å². The van der Waals surface area contributed by atoms with Crippen LogP contribution in [0.25, 0.3) is 6.08 Å². The molecule has 1 aromatic carbocycles. The van der Waals surface area contributed by atoms with E-state index < -0.39 is 0 Å². The average molecular weight is 243 g/mol. The third-order valence-electron chi connectivity index (χ3n) is 3.24. The van der Waals surface area contributed by atoms with E-state index in [-0.39, 0.29) is 6.04 Å². The van der Waals surface area contributed by atoms with Gasteiger partial charge in [0, 0.05) is 18.5 Å². The molecule has 1 aromatic rings. The van der Waals surface area contributed by atoms with Crippen LogP contribution in [0.4, 0.5) is 0 Å². The standard InChI is InChI=1S/C16H21NO/c1-13(2)17(16(18)15-10-11-15)12-6-9-14-7-4-3-5-8-14/h3-9,13,15H,10-12H2,1-2H3/b9-6-. The monoisotopic (exact) mass is 243 g/mol. The Morgan fingerprint density at radius 2 is 2.00 bits per heavy atom. The first kappa shape index (κ1) is 12.9. The minimum Gasteiger partial charge on any atom is -0.336 e. The van der Waals surface area contributed by atoms with Crippen LogP contribution in [0.5, 0.6) is 0 Å². The molecular formula is C16H21NO. The molecule has 0 atom stereocenters. The third-order valence-corrected chi connectivity index (χ3v) is 3.24. The summed E-state index contributed by atoms with van der Waals surface area (Å²) >= 11 is 0. The van der Waals surface area contributed by atoms with Crippen LogP contribution >= 0.6 is 0 Å². The summed E-state index contributed by atoms with van der Waals surface area (Å²) in [5, 5.41) is 0. The average Bonchev–Trinajstić information content (AvgIpc) is 3.19. The molecule has 2 heteroatoms. The molecule has 1 aliphatic carbocycles. The molecule has 1 saturated carbocycles. The Kier molecular flexibility index (Phi) is 4.19. The van der Waals surface area contributed by atoms with E-state index in [4.69, 9.17) is 0 Å². The molecule has 1 aliphatic rings. The molecule has 0 aromatic heterocycles. The van der Waals surface area contributed by atoms with Gasteiger partial charge < -0.3 is 4.90 Å². The first-order chi connectivity index (χ1) is 8.68. The molecule has 0 N–H and O–H groups in total. The Morgan fingerprint density at radius 1 is 1.33 bits per heavy atom. The largest absolute Gasteiger partial charge is 0.336 e. The molecule has 1 amide bonds. The number of hydrogen-bond donors (Lipinski definition) is 0. The summed E-state index contributed by atoms with van der Waals surface area (Å²) in [4.78, 5) is 14.1. The second-order valence-electron chi connectivity index (χ2n) is 5.17. The molecule has 0 bridgehead atoms.